The molecule has 2 aromatic carbocycles. The second-order valence-electron chi connectivity index (χ2n) is 8.36. The second kappa shape index (κ2) is 9.46. The molecule has 1 aliphatic rings. The van der Waals surface area contributed by atoms with Crippen LogP contribution in [-0.2, 0) is 6.54 Å². The third-order valence-corrected chi connectivity index (χ3v) is 6.07. The lowest BCUT2D eigenvalue weighted by molar-refractivity contribution is 0.0630. The van der Waals surface area contributed by atoms with Gasteiger partial charge in [0.1, 0.15) is 22.9 Å². The highest BCUT2D eigenvalue weighted by molar-refractivity contribution is 6.00. The van der Waals surface area contributed by atoms with Crippen LogP contribution in [0.3, 0.4) is 0 Å². The van der Waals surface area contributed by atoms with Gasteiger partial charge in [0.15, 0.2) is 5.65 Å². The van der Waals surface area contributed by atoms with Crippen molar-refractivity contribution >= 4 is 11.6 Å². The van der Waals surface area contributed by atoms with Crippen LogP contribution in [0, 0.1) is 11.6 Å². The fourth-order valence-corrected chi connectivity index (χ4v) is 4.19. The average Bonchev–Trinajstić information content (AvgIpc) is 3.29. The number of fused-ring (bicyclic) bond motifs is 1. The summed E-state index contributed by atoms with van der Waals surface area (Å²) in [5, 5.41) is 4.01. The van der Waals surface area contributed by atoms with E-state index in [0.717, 1.165) is 10.1 Å². The van der Waals surface area contributed by atoms with Crippen LogP contribution in [0.4, 0.5) is 17.6 Å². The van der Waals surface area contributed by atoms with Gasteiger partial charge in [-0.15, -0.1) is 0 Å². The minimum atomic E-state index is -2.85. The van der Waals surface area contributed by atoms with Gasteiger partial charge in [-0.2, -0.15) is 5.10 Å². The Balaban J connectivity index is 1.38. The highest BCUT2D eigenvalue weighted by atomic mass is 19.3. The van der Waals surface area contributed by atoms with Crippen molar-refractivity contribution in [2.75, 3.05) is 26.2 Å². The zero-order valence-electron chi connectivity index (χ0n) is 18.5. The molecule has 10 heteroatoms. The van der Waals surface area contributed by atoms with E-state index in [2.05, 4.69) is 15.0 Å². The van der Waals surface area contributed by atoms with Crippen LogP contribution in [0.15, 0.2) is 60.8 Å². The quantitative estimate of drug-likeness (QED) is 0.391. The van der Waals surface area contributed by atoms with Crippen molar-refractivity contribution in [2.24, 2.45) is 0 Å². The van der Waals surface area contributed by atoms with Crippen LogP contribution in [0.5, 0.6) is 0 Å². The number of halogens is 4. The number of rotatable bonds is 5. The largest absolute Gasteiger partial charge is 0.336 e. The molecule has 0 spiro atoms. The molecule has 0 unspecified atom stereocenters. The van der Waals surface area contributed by atoms with Crippen LogP contribution in [0.25, 0.3) is 16.9 Å². The zero-order valence-corrected chi connectivity index (χ0v) is 18.5. The molecule has 4 aromatic rings. The van der Waals surface area contributed by atoms with Gasteiger partial charge in [-0.05, 0) is 48.0 Å². The van der Waals surface area contributed by atoms with Gasteiger partial charge in [-0.25, -0.2) is 27.1 Å². The van der Waals surface area contributed by atoms with Crippen molar-refractivity contribution in [3.05, 3.63) is 89.2 Å². The van der Waals surface area contributed by atoms with Gasteiger partial charge in [0, 0.05) is 38.3 Å². The summed E-state index contributed by atoms with van der Waals surface area (Å²) in [5.74, 6) is -1.09. The first-order chi connectivity index (χ1) is 16.9. The first kappa shape index (κ1) is 23.0. The molecule has 1 fully saturated rings. The number of carbonyl (C=O) groups excluding carboxylic acids is 1. The van der Waals surface area contributed by atoms with E-state index >= 15 is 0 Å². The third kappa shape index (κ3) is 4.74. The van der Waals surface area contributed by atoms with E-state index in [1.807, 2.05) is 0 Å². The fraction of sp³-hybridized carbons (Fsp3) is 0.240. The molecule has 0 atom stereocenters. The van der Waals surface area contributed by atoms with E-state index in [9.17, 15) is 22.4 Å². The molecule has 0 bridgehead atoms. The Kier molecular flexibility index (Phi) is 6.21. The third-order valence-electron chi connectivity index (χ3n) is 6.07. The molecule has 1 amide bonds. The maximum absolute atomic E-state index is 13.8. The summed E-state index contributed by atoms with van der Waals surface area (Å²) >= 11 is 0. The van der Waals surface area contributed by atoms with Crippen molar-refractivity contribution in [2.45, 2.75) is 13.0 Å². The van der Waals surface area contributed by atoms with Gasteiger partial charge >= 0.3 is 0 Å². The normalized spacial score (nSPS) is 14.7. The zero-order chi connectivity index (χ0) is 24.5. The average molecular weight is 483 g/mol. The van der Waals surface area contributed by atoms with Gasteiger partial charge < -0.3 is 4.90 Å². The smallest absolute Gasteiger partial charge is 0.280 e. The maximum atomic E-state index is 13.8. The SMILES string of the molecule is O=C(c1cnn2c(C(F)F)cc(-c3ccc(F)cc3)nc12)N1CCN(Cc2ccc(F)cc2)CC1. The number of amides is 1. The van der Waals surface area contributed by atoms with E-state index in [1.54, 1.807) is 17.0 Å². The molecule has 180 valence electrons. The molecule has 35 heavy (non-hydrogen) atoms. The lowest BCUT2D eigenvalue weighted by atomic mass is 10.1. The number of aromatic nitrogens is 3. The lowest BCUT2D eigenvalue weighted by Crippen LogP contribution is -2.48. The topological polar surface area (TPSA) is 53.7 Å². The summed E-state index contributed by atoms with van der Waals surface area (Å²) < 4.78 is 55.0. The van der Waals surface area contributed by atoms with Crippen molar-refractivity contribution in [3.8, 4) is 11.3 Å². The number of benzene rings is 2. The molecule has 2 aromatic heterocycles. The monoisotopic (exact) mass is 483 g/mol. The summed E-state index contributed by atoms with van der Waals surface area (Å²) in [6, 6.07) is 12.8. The van der Waals surface area contributed by atoms with Crippen LogP contribution in [0.2, 0.25) is 0 Å². The van der Waals surface area contributed by atoms with E-state index in [4.69, 9.17) is 0 Å². The number of nitrogens with zero attached hydrogens (tertiary/aromatic N) is 5. The van der Waals surface area contributed by atoms with E-state index in [0.29, 0.717) is 38.3 Å². The second-order valence-corrected chi connectivity index (χ2v) is 8.36. The fourth-order valence-electron chi connectivity index (χ4n) is 4.19. The molecule has 5 rings (SSSR count). The first-order valence-corrected chi connectivity index (χ1v) is 11.1. The highest BCUT2D eigenvalue weighted by Gasteiger charge is 2.27. The molecule has 3 heterocycles. The molecule has 0 saturated carbocycles. The van der Waals surface area contributed by atoms with Gasteiger partial charge in [-0.1, -0.05) is 12.1 Å². The van der Waals surface area contributed by atoms with Gasteiger partial charge in [-0.3, -0.25) is 9.69 Å². The molecule has 6 nitrogen and oxygen atoms in total. The standard InChI is InChI=1S/C25H21F4N5O/c26-18-5-1-16(2-6-18)15-32-9-11-33(12-10-32)25(35)20-14-30-34-22(23(28)29)13-21(31-24(20)34)17-3-7-19(27)8-4-17/h1-8,13-14,23H,9-12,15H2. The maximum Gasteiger partial charge on any atom is 0.280 e. The Morgan fingerprint density at radius 2 is 1.54 bits per heavy atom. The molecule has 1 saturated heterocycles. The Labute approximate surface area is 198 Å². The summed E-state index contributed by atoms with van der Waals surface area (Å²) in [7, 11) is 0. The summed E-state index contributed by atoms with van der Waals surface area (Å²) in [6.07, 6.45) is -1.59. The number of hydrogen-bond donors (Lipinski definition) is 0. The van der Waals surface area contributed by atoms with Gasteiger partial charge in [0.2, 0.25) is 0 Å². The van der Waals surface area contributed by atoms with Gasteiger partial charge in [0.25, 0.3) is 12.3 Å². The minimum absolute atomic E-state index is 0.0286. The van der Waals surface area contributed by atoms with Crippen molar-refractivity contribution in [1.29, 1.82) is 0 Å². The van der Waals surface area contributed by atoms with Crippen LogP contribution >= 0.6 is 0 Å². The minimum Gasteiger partial charge on any atom is -0.336 e. The Morgan fingerprint density at radius 3 is 2.17 bits per heavy atom. The van der Waals surface area contributed by atoms with E-state index < -0.39 is 17.9 Å². The number of alkyl halides is 2. The summed E-state index contributed by atoms with van der Waals surface area (Å²) in [4.78, 5) is 21.5. The molecule has 1 aliphatic heterocycles. The molecule has 0 aliphatic carbocycles. The molecule has 0 radical (unpaired) electrons. The van der Waals surface area contributed by atoms with Crippen LogP contribution < -0.4 is 0 Å². The predicted molar refractivity (Wildman–Crippen MR) is 121 cm³/mol. The van der Waals surface area contributed by atoms with Crippen molar-refractivity contribution in [3.63, 3.8) is 0 Å². The van der Waals surface area contributed by atoms with Crippen molar-refractivity contribution < 1.29 is 22.4 Å². The number of carbonyl (C=O) groups is 1. The summed E-state index contributed by atoms with van der Waals surface area (Å²) in [6.45, 7) is 2.74. The Morgan fingerprint density at radius 1 is 0.914 bits per heavy atom. The molecule has 0 N–H and O–H groups in total. The van der Waals surface area contributed by atoms with E-state index in [1.165, 1.54) is 48.7 Å². The van der Waals surface area contributed by atoms with Crippen LogP contribution in [-0.4, -0.2) is 56.5 Å². The summed E-state index contributed by atoms with van der Waals surface area (Å²) in [5.41, 5.74) is 1.38. The lowest BCUT2D eigenvalue weighted by Gasteiger charge is -2.34. The number of hydrogen-bond acceptors (Lipinski definition) is 4. The predicted octanol–water partition coefficient (Wildman–Crippen LogP) is 4.57. The molecular weight excluding hydrogens is 462 g/mol. The van der Waals surface area contributed by atoms with Crippen LogP contribution in [0.1, 0.15) is 28.0 Å². The first-order valence-electron chi connectivity index (χ1n) is 11.1. The number of piperazine rings is 1. The van der Waals surface area contributed by atoms with Crippen molar-refractivity contribution in [1.82, 2.24) is 24.4 Å². The van der Waals surface area contributed by atoms with E-state index in [-0.39, 0.29) is 28.6 Å². The highest BCUT2D eigenvalue weighted by Crippen LogP contribution is 2.27. The Hall–Kier alpha value is -3.79. The molecular formula is C25H21F4N5O. The Bertz CT molecular complexity index is 1350. The van der Waals surface area contributed by atoms with Gasteiger partial charge in [0.05, 0.1) is 11.9 Å².